The van der Waals surface area contributed by atoms with Crippen molar-refractivity contribution in [2.75, 3.05) is 0 Å². The average molecular weight is 76.3 g/mol. The maximum Gasteiger partial charge on any atom is 2.00 e. The van der Waals surface area contributed by atoms with E-state index in [0.717, 1.165) is 0 Å². The molecule has 0 heterocycles. The van der Waals surface area contributed by atoms with Gasteiger partial charge in [-0.3, -0.25) is 0 Å². The first-order chi connectivity index (χ1) is 0. The normalized spacial score (nSPS) is 0. The van der Waals surface area contributed by atoms with Crippen molar-refractivity contribution in [1.29, 1.82) is 0 Å². The molecule has 0 radical (unpaired) electrons. The zero-order valence-electron chi connectivity index (χ0n) is 7.21. The second kappa shape index (κ2) is 18.4. The van der Waals surface area contributed by atoms with Crippen molar-refractivity contribution in [3.63, 3.8) is 0 Å². The van der Waals surface area contributed by atoms with Crippen molar-refractivity contribution in [1.82, 2.24) is 0 Å². The van der Waals surface area contributed by atoms with Crippen LogP contribution in [-0.2, 0) is 0 Å². The molecule has 0 aliphatic rings. The molecule has 0 saturated heterocycles. The maximum atomic E-state index is 0. The van der Waals surface area contributed by atoms with Crippen molar-refractivity contribution >= 4 is 23.1 Å². The molecule has 2 N–H and O–H groups in total. The van der Waals surface area contributed by atoms with Crippen molar-refractivity contribution < 1.29 is 59.6 Å². The van der Waals surface area contributed by atoms with Crippen LogP contribution in [0.15, 0.2) is 0 Å². The van der Waals surface area contributed by atoms with E-state index in [1.54, 1.807) is 0 Å². The third-order valence-electron chi connectivity index (χ3n) is 0. The fourth-order valence-corrected chi connectivity index (χ4v) is 0. The smallest absolute Gasteiger partial charge is 1.00 e. The monoisotopic (exact) mass is 76.0 g/mol. The van der Waals surface area contributed by atoms with Crippen LogP contribution in [0.5, 0.6) is 0 Å². The summed E-state index contributed by atoms with van der Waals surface area (Å²) >= 11 is 0. The molecule has 0 rings (SSSR count). The van der Waals surface area contributed by atoms with Crippen LogP contribution in [0.2, 0.25) is 0 Å². The Bertz CT molecular complexity index is 16.0. The molecule has 0 aromatic rings. The molecule has 4 heavy (non-hydrogen) atoms. The van der Waals surface area contributed by atoms with Gasteiger partial charge < -0.3 is 11.2 Å². The van der Waals surface area contributed by atoms with Crippen molar-refractivity contribution in [2.45, 2.75) is 0 Å². The van der Waals surface area contributed by atoms with Crippen LogP contribution in [-0.4, -0.2) is 28.5 Å². The van der Waals surface area contributed by atoms with E-state index in [9.17, 15) is 0 Å². The maximum absolute atomic E-state index is 0. The van der Waals surface area contributed by atoms with Crippen LogP contribution in [0.3, 0.4) is 0 Å². The van der Waals surface area contributed by atoms with E-state index >= 15 is 0 Å². The number of hydrogen-bond donors (Lipinski definition) is 0. The molecule has 0 amide bonds. The fraction of sp³-hybridized carbons (Fsp3) is 0. The van der Waals surface area contributed by atoms with E-state index in [1.807, 2.05) is 0 Å². The molecule has 16 valence electrons. The molecule has 0 aromatic carbocycles. The molecule has 0 unspecified atom stereocenters. The summed E-state index contributed by atoms with van der Waals surface area (Å²) < 4.78 is 0. The van der Waals surface area contributed by atoms with Gasteiger partial charge in [-0.2, -0.15) is 0 Å². The summed E-state index contributed by atoms with van der Waals surface area (Å²) in [6, 6.07) is 0. The third-order valence-corrected chi connectivity index (χ3v) is 0. The van der Waals surface area contributed by atoms with Gasteiger partial charge in [-0.15, -0.1) is 0 Å². The predicted molar refractivity (Wildman–Crippen MR) is 13.8 cm³/mol. The van der Waals surface area contributed by atoms with Gasteiger partial charge in [0.1, 0.15) is 0 Å². The molecular formula is H6LiMgNaO. The molecule has 0 aliphatic heterocycles. The van der Waals surface area contributed by atoms with Crippen LogP contribution in [0.1, 0.15) is 5.71 Å². The predicted octanol–water partition coefficient (Wildman–Crippen LogP) is -6.75. The minimum absolute atomic E-state index is 0. The Morgan fingerprint density at radius 1 is 1.25 bits per heavy atom. The zero-order valence-corrected chi connectivity index (χ0v) is 6.62. The summed E-state index contributed by atoms with van der Waals surface area (Å²) in [4.78, 5) is 0. The molecular weight excluding hydrogens is 70.2 g/mol. The Kier molecular flexibility index (Phi) is 153. The van der Waals surface area contributed by atoms with E-state index in [4.69, 9.17) is 0 Å². The standard InChI is InChI=1S/Li.Mg.Na.H2O.4H/h;;;1H2;;;;/q+1;+2;+1;;4*-1. The largest absolute Gasteiger partial charge is 2.00 e. The molecule has 0 fully saturated rings. The minimum Gasteiger partial charge on any atom is -1.00 e. The molecule has 0 aromatic heterocycles. The SMILES string of the molecule is O.[H-].[H-].[H-].[H-].[Li+].[Mg+2].[Na+]. The quantitative estimate of drug-likeness (QED) is 0.257. The summed E-state index contributed by atoms with van der Waals surface area (Å²) in [5.74, 6) is 0. The van der Waals surface area contributed by atoms with Gasteiger partial charge in [0.2, 0.25) is 0 Å². The van der Waals surface area contributed by atoms with E-state index in [0.29, 0.717) is 0 Å². The molecule has 0 spiro atoms. The first-order valence-corrected chi connectivity index (χ1v) is 0. The Morgan fingerprint density at radius 2 is 1.25 bits per heavy atom. The van der Waals surface area contributed by atoms with E-state index in [-0.39, 0.29) is 82.7 Å². The van der Waals surface area contributed by atoms with Gasteiger partial charge in [-0.05, 0) is 0 Å². The Morgan fingerprint density at radius 3 is 1.25 bits per heavy atom. The topological polar surface area (TPSA) is 31.5 Å². The van der Waals surface area contributed by atoms with Gasteiger partial charge >= 0.3 is 71.5 Å². The van der Waals surface area contributed by atoms with E-state index < -0.39 is 0 Å². The second-order valence-corrected chi connectivity index (χ2v) is 0. The summed E-state index contributed by atoms with van der Waals surface area (Å²) in [6.45, 7) is 0. The first-order valence-electron chi connectivity index (χ1n) is 0. The van der Waals surface area contributed by atoms with Gasteiger partial charge in [-0.1, -0.05) is 0 Å². The molecule has 1 nitrogen and oxygen atoms in total. The first kappa shape index (κ1) is 33.2. The molecule has 0 saturated carbocycles. The number of hydrogen-bond acceptors (Lipinski definition) is 0. The van der Waals surface area contributed by atoms with Crippen LogP contribution >= 0.6 is 0 Å². The molecule has 0 atom stereocenters. The van der Waals surface area contributed by atoms with Crippen LogP contribution < -0.4 is 48.4 Å². The Hall–Kier alpha value is 2.32. The Balaban J connectivity index is 0. The molecule has 0 bridgehead atoms. The Labute approximate surface area is 81.8 Å². The number of rotatable bonds is 0. The zero-order chi connectivity index (χ0) is 0. The fourth-order valence-electron chi connectivity index (χ4n) is 0. The van der Waals surface area contributed by atoms with Crippen molar-refractivity contribution in [2.24, 2.45) is 0 Å². The van der Waals surface area contributed by atoms with E-state index in [1.165, 1.54) is 0 Å². The minimum atomic E-state index is 0. The van der Waals surface area contributed by atoms with Gasteiger partial charge in [0.25, 0.3) is 0 Å². The van der Waals surface area contributed by atoms with Crippen molar-refractivity contribution in [3.05, 3.63) is 0 Å². The van der Waals surface area contributed by atoms with Crippen molar-refractivity contribution in [3.8, 4) is 0 Å². The second-order valence-electron chi connectivity index (χ2n) is 0. The summed E-state index contributed by atoms with van der Waals surface area (Å²) in [5, 5.41) is 0. The average Bonchev–Trinajstić information content (AvgIpc) is 0. The van der Waals surface area contributed by atoms with Gasteiger partial charge in [0.15, 0.2) is 0 Å². The molecule has 0 aliphatic carbocycles. The van der Waals surface area contributed by atoms with Crippen LogP contribution in [0.25, 0.3) is 0 Å². The van der Waals surface area contributed by atoms with Gasteiger partial charge in [-0.25, -0.2) is 0 Å². The third kappa shape index (κ3) is 8.85. The molecule has 4 heteroatoms. The van der Waals surface area contributed by atoms with Gasteiger partial charge in [0.05, 0.1) is 0 Å². The summed E-state index contributed by atoms with van der Waals surface area (Å²) in [5.41, 5.74) is 0. The van der Waals surface area contributed by atoms with Gasteiger partial charge in [0, 0.05) is 0 Å². The van der Waals surface area contributed by atoms with Crippen LogP contribution in [0, 0.1) is 0 Å². The van der Waals surface area contributed by atoms with Crippen LogP contribution in [0.4, 0.5) is 0 Å². The summed E-state index contributed by atoms with van der Waals surface area (Å²) in [7, 11) is 0. The van der Waals surface area contributed by atoms with E-state index in [2.05, 4.69) is 0 Å². The summed E-state index contributed by atoms with van der Waals surface area (Å²) in [6.07, 6.45) is 0.